The Morgan fingerprint density at radius 1 is 1.00 bits per heavy atom. The number of amides is 1. The lowest BCUT2D eigenvalue weighted by molar-refractivity contribution is -0.120. The van der Waals surface area contributed by atoms with Gasteiger partial charge in [-0.3, -0.25) is 9.69 Å². The van der Waals surface area contributed by atoms with Crippen molar-refractivity contribution in [1.82, 2.24) is 40.5 Å². The fourth-order valence-electron chi connectivity index (χ4n) is 5.59. The predicted octanol–water partition coefficient (Wildman–Crippen LogP) is 4.59. The number of pyridine rings is 1. The van der Waals surface area contributed by atoms with Gasteiger partial charge in [-0.2, -0.15) is 0 Å². The molecule has 0 spiro atoms. The molecule has 6 rings (SSSR count). The number of likely N-dealkylation sites (tertiary alicyclic amines) is 1. The molecule has 9 heteroatoms. The van der Waals surface area contributed by atoms with Gasteiger partial charge in [0.05, 0.1) is 30.0 Å². The lowest BCUT2D eigenvalue weighted by Gasteiger charge is -2.16. The number of H-pyrrole nitrogens is 2. The maximum absolute atomic E-state index is 11.5. The molecule has 206 valence electrons. The van der Waals surface area contributed by atoms with Crippen LogP contribution in [0.2, 0.25) is 0 Å². The smallest absolute Gasteiger partial charge is 0.233 e. The largest absolute Gasteiger partial charge is 0.355 e. The number of aromatic nitrogens is 5. The summed E-state index contributed by atoms with van der Waals surface area (Å²) >= 11 is 0. The van der Waals surface area contributed by atoms with Crippen LogP contribution >= 0.6 is 0 Å². The highest BCUT2D eigenvalue weighted by molar-refractivity contribution is 5.91. The Balaban J connectivity index is 1.13. The minimum absolute atomic E-state index is 0.0307. The summed E-state index contributed by atoms with van der Waals surface area (Å²) in [6.45, 7) is 2.15. The minimum Gasteiger partial charge on any atom is -0.355 e. The van der Waals surface area contributed by atoms with Crippen molar-refractivity contribution >= 4 is 27.8 Å². The number of hydrogen-bond acceptors (Lipinski definition) is 6. The third-order valence-electron chi connectivity index (χ3n) is 7.80. The van der Waals surface area contributed by atoms with E-state index in [0.29, 0.717) is 19.1 Å². The van der Waals surface area contributed by atoms with Crippen molar-refractivity contribution in [3.05, 3.63) is 66.5 Å². The summed E-state index contributed by atoms with van der Waals surface area (Å²) in [5.74, 6) is 2.01. The second-order valence-electron chi connectivity index (χ2n) is 10.7. The Labute approximate surface area is 233 Å². The van der Waals surface area contributed by atoms with E-state index in [1.165, 1.54) is 17.2 Å². The molecule has 1 amide bonds. The van der Waals surface area contributed by atoms with Crippen LogP contribution in [0.1, 0.15) is 43.4 Å². The second kappa shape index (κ2) is 11.6. The van der Waals surface area contributed by atoms with Crippen molar-refractivity contribution in [3.8, 4) is 22.4 Å². The Kier molecular flexibility index (Phi) is 7.57. The van der Waals surface area contributed by atoms with Gasteiger partial charge < -0.3 is 20.6 Å². The van der Waals surface area contributed by atoms with Gasteiger partial charge in [-0.15, -0.1) is 0 Å². The number of aromatic amines is 2. The van der Waals surface area contributed by atoms with E-state index in [0.717, 1.165) is 77.4 Å². The van der Waals surface area contributed by atoms with Gasteiger partial charge in [-0.25, -0.2) is 15.0 Å². The van der Waals surface area contributed by atoms with Gasteiger partial charge in [0.2, 0.25) is 5.91 Å². The number of likely N-dealkylation sites (N-methyl/N-ethyl adjacent to an activating group) is 1. The van der Waals surface area contributed by atoms with Crippen LogP contribution < -0.4 is 10.6 Å². The second-order valence-corrected chi connectivity index (χ2v) is 10.7. The van der Waals surface area contributed by atoms with E-state index in [1.54, 1.807) is 7.05 Å². The summed E-state index contributed by atoms with van der Waals surface area (Å²) in [6, 6.07) is 15.6. The summed E-state index contributed by atoms with van der Waals surface area (Å²) in [4.78, 5) is 34.9. The number of carbonyl (C=O) groups is 1. The standard InChI is InChI=1S/C31H36N8O/c1-32-19-29(40)33-12-4-3-7-28-34-18-26(36-28)23-11-10-20-14-22(9-8-21(20)15-23)24-16-25-30(35-17-24)38-31(37-25)27-6-5-13-39(27)2/h8-11,14-18,27,32H,3-7,12-13,19H2,1-2H3,(H,33,40)(H,34,36)(H,35,37,38). The first kappa shape index (κ1) is 26.2. The Morgan fingerprint density at radius 2 is 1.82 bits per heavy atom. The van der Waals surface area contributed by atoms with E-state index >= 15 is 0 Å². The number of unbranched alkanes of at least 4 members (excludes halogenated alkanes) is 1. The van der Waals surface area contributed by atoms with Gasteiger partial charge in [0.15, 0.2) is 5.65 Å². The minimum atomic E-state index is 0.0307. The molecule has 0 bridgehead atoms. The Morgan fingerprint density at radius 3 is 2.62 bits per heavy atom. The highest BCUT2D eigenvalue weighted by atomic mass is 16.1. The van der Waals surface area contributed by atoms with Crippen LogP contribution in [0, 0.1) is 0 Å². The molecule has 1 saturated heterocycles. The van der Waals surface area contributed by atoms with E-state index in [4.69, 9.17) is 4.98 Å². The third kappa shape index (κ3) is 5.61. The number of nitrogens with zero attached hydrogens (tertiary/aromatic N) is 4. The predicted molar refractivity (Wildman–Crippen MR) is 159 cm³/mol. The monoisotopic (exact) mass is 536 g/mol. The molecule has 40 heavy (non-hydrogen) atoms. The summed E-state index contributed by atoms with van der Waals surface area (Å²) in [7, 11) is 3.93. The van der Waals surface area contributed by atoms with Crippen LogP contribution in [0.3, 0.4) is 0 Å². The van der Waals surface area contributed by atoms with Crippen molar-refractivity contribution < 1.29 is 4.79 Å². The first-order valence-electron chi connectivity index (χ1n) is 14.1. The zero-order valence-corrected chi connectivity index (χ0v) is 23.1. The molecule has 0 aliphatic carbocycles. The number of carbonyl (C=O) groups excluding carboxylic acids is 1. The fourth-order valence-corrected chi connectivity index (χ4v) is 5.59. The molecule has 3 aromatic heterocycles. The Hall–Kier alpha value is -4.08. The third-order valence-corrected chi connectivity index (χ3v) is 7.80. The van der Waals surface area contributed by atoms with Crippen LogP contribution in [0.4, 0.5) is 0 Å². The molecule has 1 aliphatic heterocycles. The highest BCUT2D eigenvalue weighted by Crippen LogP contribution is 2.32. The quantitative estimate of drug-likeness (QED) is 0.194. The molecule has 5 aromatic rings. The van der Waals surface area contributed by atoms with E-state index in [9.17, 15) is 4.79 Å². The molecule has 1 unspecified atom stereocenters. The lowest BCUT2D eigenvalue weighted by atomic mass is 10.00. The summed E-state index contributed by atoms with van der Waals surface area (Å²) in [5.41, 5.74) is 6.10. The lowest BCUT2D eigenvalue weighted by Crippen LogP contribution is -2.32. The maximum Gasteiger partial charge on any atom is 0.233 e. The number of fused-ring (bicyclic) bond motifs is 2. The highest BCUT2D eigenvalue weighted by Gasteiger charge is 2.25. The van der Waals surface area contributed by atoms with E-state index in [2.05, 4.69) is 85.0 Å². The zero-order chi connectivity index (χ0) is 27.5. The SMILES string of the molecule is CNCC(=O)NCCCCc1ncc(-c2ccc3cc(-c4cnc5nc(C6CCCN6C)[nH]c5c4)ccc3c2)[nH]1. The number of hydrogen-bond donors (Lipinski definition) is 4. The molecule has 0 radical (unpaired) electrons. The fraction of sp³-hybridized carbons (Fsp3) is 0.355. The number of aryl methyl sites for hydroxylation is 1. The molecule has 9 nitrogen and oxygen atoms in total. The molecule has 4 heterocycles. The van der Waals surface area contributed by atoms with E-state index in [-0.39, 0.29) is 5.91 Å². The maximum atomic E-state index is 11.5. The van der Waals surface area contributed by atoms with Gasteiger partial charge in [0.25, 0.3) is 0 Å². The van der Waals surface area contributed by atoms with Crippen LogP contribution in [-0.4, -0.2) is 69.5 Å². The number of imidazole rings is 2. The molecule has 2 aromatic carbocycles. The van der Waals surface area contributed by atoms with Crippen LogP contribution in [0.5, 0.6) is 0 Å². The van der Waals surface area contributed by atoms with Crippen LogP contribution in [0.25, 0.3) is 44.3 Å². The normalized spacial score (nSPS) is 15.8. The van der Waals surface area contributed by atoms with Crippen LogP contribution in [0.15, 0.2) is 54.9 Å². The first-order chi connectivity index (χ1) is 19.6. The summed E-state index contributed by atoms with van der Waals surface area (Å²) in [6.07, 6.45) is 8.90. The van der Waals surface area contributed by atoms with Gasteiger partial charge in [0.1, 0.15) is 11.6 Å². The van der Waals surface area contributed by atoms with Crippen molar-refractivity contribution in [1.29, 1.82) is 0 Å². The average molecular weight is 537 g/mol. The van der Waals surface area contributed by atoms with Crippen LogP contribution in [-0.2, 0) is 11.2 Å². The van der Waals surface area contributed by atoms with Gasteiger partial charge in [-0.1, -0.05) is 24.3 Å². The zero-order valence-electron chi connectivity index (χ0n) is 23.1. The first-order valence-corrected chi connectivity index (χ1v) is 14.1. The average Bonchev–Trinajstić information content (AvgIpc) is 3.71. The number of benzene rings is 2. The summed E-state index contributed by atoms with van der Waals surface area (Å²) in [5, 5.41) is 8.12. The van der Waals surface area contributed by atoms with Gasteiger partial charge >= 0.3 is 0 Å². The molecule has 4 N–H and O–H groups in total. The molecule has 1 atom stereocenters. The van der Waals surface area contributed by atoms with Crippen molar-refractivity contribution in [3.63, 3.8) is 0 Å². The van der Waals surface area contributed by atoms with Gasteiger partial charge in [0, 0.05) is 30.3 Å². The number of rotatable bonds is 10. The molecular formula is C31H36N8O. The van der Waals surface area contributed by atoms with E-state index < -0.39 is 0 Å². The van der Waals surface area contributed by atoms with Crippen molar-refractivity contribution in [2.45, 2.75) is 38.1 Å². The molecular weight excluding hydrogens is 500 g/mol. The molecule has 1 aliphatic rings. The number of nitrogens with one attached hydrogen (secondary N) is 4. The molecule has 1 fully saturated rings. The summed E-state index contributed by atoms with van der Waals surface area (Å²) < 4.78 is 0. The van der Waals surface area contributed by atoms with Gasteiger partial charge in [-0.05, 0) is 80.9 Å². The Bertz CT molecular complexity index is 1640. The topological polar surface area (TPSA) is 115 Å². The van der Waals surface area contributed by atoms with Crippen molar-refractivity contribution in [2.75, 3.05) is 33.7 Å². The van der Waals surface area contributed by atoms with E-state index in [1.807, 2.05) is 12.4 Å². The molecule has 0 saturated carbocycles. The van der Waals surface area contributed by atoms with Crippen molar-refractivity contribution in [2.24, 2.45) is 0 Å².